The van der Waals surface area contributed by atoms with Crippen LogP contribution in [0.2, 0.25) is 0 Å². The van der Waals surface area contributed by atoms with Gasteiger partial charge in [-0.3, -0.25) is 0 Å². The van der Waals surface area contributed by atoms with Gasteiger partial charge in [0, 0.05) is 12.7 Å². The molecule has 0 bridgehead atoms. The summed E-state index contributed by atoms with van der Waals surface area (Å²) in [4.78, 5) is 13.6. The second-order valence-electron chi connectivity index (χ2n) is 8.45. The van der Waals surface area contributed by atoms with E-state index in [9.17, 15) is 9.90 Å². The highest BCUT2D eigenvalue weighted by Gasteiger charge is 2.38. The van der Waals surface area contributed by atoms with Gasteiger partial charge in [0.25, 0.3) is 0 Å². The van der Waals surface area contributed by atoms with Crippen molar-refractivity contribution in [1.29, 1.82) is 0 Å². The smallest absolute Gasteiger partial charge is 0.410 e. The molecule has 1 aliphatic rings. The first kappa shape index (κ1) is 17.7. The van der Waals surface area contributed by atoms with Gasteiger partial charge in [-0.05, 0) is 32.6 Å². The fraction of sp³-hybridized carbons (Fsp3) is 0.812. The van der Waals surface area contributed by atoms with E-state index in [0.717, 1.165) is 12.1 Å². The lowest BCUT2D eigenvalue weighted by Gasteiger charge is -2.24. The summed E-state index contributed by atoms with van der Waals surface area (Å²) in [6, 6.07) is -0.288. The van der Waals surface area contributed by atoms with Gasteiger partial charge >= 0.3 is 6.09 Å². The van der Waals surface area contributed by atoms with Crippen LogP contribution in [-0.2, 0) is 11.2 Å². The van der Waals surface area contributed by atoms with E-state index in [4.69, 9.17) is 4.74 Å². The van der Waals surface area contributed by atoms with E-state index in [1.807, 2.05) is 27.0 Å². The maximum atomic E-state index is 12.1. The standard InChI is InChI=1S/C16H28N4O3/c1-15(2,3)7-11-8-20(18-17-11)12-9-19(10-13(12)21)14(22)23-16(4,5)6/h8,12-13,21H,7,9-10H2,1-6H3/t12-,13-/m1/s1. The van der Waals surface area contributed by atoms with E-state index < -0.39 is 17.8 Å². The quantitative estimate of drug-likeness (QED) is 0.900. The normalized spacial score (nSPS) is 22.5. The summed E-state index contributed by atoms with van der Waals surface area (Å²) in [6.45, 7) is 12.5. The van der Waals surface area contributed by atoms with Crippen LogP contribution < -0.4 is 0 Å². The Morgan fingerprint density at radius 3 is 2.52 bits per heavy atom. The number of likely N-dealkylation sites (tertiary alicyclic amines) is 1. The number of rotatable bonds is 2. The molecule has 0 aromatic carbocycles. The molecule has 0 spiro atoms. The third-order valence-corrected chi connectivity index (χ3v) is 3.52. The summed E-state index contributed by atoms with van der Waals surface area (Å²) in [5.74, 6) is 0. The molecule has 0 unspecified atom stereocenters. The Morgan fingerprint density at radius 2 is 1.96 bits per heavy atom. The van der Waals surface area contributed by atoms with E-state index in [0.29, 0.717) is 6.54 Å². The van der Waals surface area contributed by atoms with Crippen molar-refractivity contribution in [3.05, 3.63) is 11.9 Å². The SMILES string of the molecule is CC(C)(C)Cc1cn([C@@H]2CN(C(=O)OC(C)(C)C)C[C@H]2O)nn1. The average Bonchev–Trinajstić information content (AvgIpc) is 2.91. The van der Waals surface area contributed by atoms with Gasteiger partial charge in [-0.1, -0.05) is 26.0 Å². The molecule has 2 heterocycles. The molecule has 7 heteroatoms. The number of nitrogens with zero attached hydrogens (tertiary/aromatic N) is 4. The Morgan fingerprint density at radius 1 is 1.30 bits per heavy atom. The highest BCUT2D eigenvalue weighted by molar-refractivity contribution is 5.68. The summed E-state index contributed by atoms with van der Waals surface area (Å²) in [6.07, 6.45) is 1.59. The molecule has 1 saturated heterocycles. The number of aliphatic hydroxyl groups excluding tert-OH is 1. The molecule has 0 radical (unpaired) electrons. The number of aromatic nitrogens is 3. The molecule has 1 N–H and O–H groups in total. The average molecular weight is 324 g/mol. The van der Waals surface area contributed by atoms with Crippen molar-refractivity contribution in [2.45, 2.75) is 65.7 Å². The Hall–Kier alpha value is -1.63. The van der Waals surface area contributed by atoms with Crippen molar-refractivity contribution < 1.29 is 14.6 Å². The molecule has 1 aromatic rings. The van der Waals surface area contributed by atoms with Crippen LogP contribution in [-0.4, -0.2) is 55.9 Å². The Balaban J connectivity index is 2.03. The number of carbonyl (C=O) groups excluding carboxylic acids is 1. The first-order chi connectivity index (χ1) is 10.4. The van der Waals surface area contributed by atoms with Crippen molar-refractivity contribution >= 4 is 6.09 Å². The van der Waals surface area contributed by atoms with Gasteiger partial charge < -0.3 is 14.7 Å². The Kier molecular flexibility index (Phi) is 4.71. The number of β-amino-alcohol motifs (C(OH)–C–C–N with tert-alkyl or cyclic N) is 1. The maximum absolute atomic E-state index is 12.1. The summed E-state index contributed by atoms with van der Waals surface area (Å²) < 4.78 is 7.02. The lowest BCUT2D eigenvalue weighted by Crippen LogP contribution is -2.35. The largest absolute Gasteiger partial charge is 0.444 e. The predicted octanol–water partition coefficient (Wildman–Crippen LogP) is 2.02. The van der Waals surface area contributed by atoms with Crippen molar-refractivity contribution in [3.8, 4) is 0 Å². The van der Waals surface area contributed by atoms with Crippen molar-refractivity contribution in [3.63, 3.8) is 0 Å². The molecule has 7 nitrogen and oxygen atoms in total. The highest BCUT2D eigenvalue weighted by Crippen LogP contribution is 2.25. The molecule has 2 rings (SSSR count). The zero-order valence-corrected chi connectivity index (χ0v) is 14.9. The van der Waals surface area contributed by atoms with Gasteiger partial charge in [-0.25, -0.2) is 9.48 Å². The number of ether oxygens (including phenoxy) is 1. The molecule has 0 aliphatic carbocycles. The first-order valence-electron chi connectivity index (χ1n) is 8.01. The molecule has 2 atom stereocenters. The van der Waals surface area contributed by atoms with Crippen molar-refractivity contribution in [2.75, 3.05) is 13.1 Å². The van der Waals surface area contributed by atoms with Crippen LogP contribution in [0.4, 0.5) is 4.79 Å². The minimum atomic E-state index is -0.674. The summed E-state index contributed by atoms with van der Waals surface area (Å²) in [7, 11) is 0. The topological polar surface area (TPSA) is 80.5 Å². The predicted molar refractivity (Wildman–Crippen MR) is 86.0 cm³/mol. The lowest BCUT2D eigenvalue weighted by molar-refractivity contribution is 0.0270. The van der Waals surface area contributed by atoms with Crippen LogP contribution in [0.3, 0.4) is 0 Å². The molecule has 1 aliphatic heterocycles. The second-order valence-corrected chi connectivity index (χ2v) is 8.45. The number of aliphatic hydroxyl groups is 1. The van der Waals surface area contributed by atoms with Crippen LogP contribution >= 0.6 is 0 Å². The van der Waals surface area contributed by atoms with Crippen molar-refractivity contribution in [1.82, 2.24) is 19.9 Å². The van der Waals surface area contributed by atoms with Gasteiger partial charge in [-0.2, -0.15) is 0 Å². The van der Waals surface area contributed by atoms with E-state index in [1.165, 1.54) is 4.90 Å². The minimum Gasteiger partial charge on any atom is -0.444 e. The molecule has 1 fully saturated rings. The summed E-state index contributed by atoms with van der Waals surface area (Å²) in [5, 5.41) is 18.6. The highest BCUT2D eigenvalue weighted by atomic mass is 16.6. The second kappa shape index (κ2) is 6.11. The fourth-order valence-corrected chi connectivity index (χ4v) is 2.60. The molecule has 130 valence electrons. The number of hydrogen-bond donors (Lipinski definition) is 1. The molecule has 1 aromatic heterocycles. The molecule has 1 amide bonds. The lowest BCUT2D eigenvalue weighted by atomic mass is 9.91. The van der Waals surface area contributed by atoms with Crippen LogP contribution in [0.5, 0.6) is 0 Å². The van der Waals surface area contributed by atoms with Gasteiger partial charge in [0.15, 0.2) is 0 Å². The fourth-order valence-electron chi connectivity index (χ4n) is 2.60. The molecule has 0 saturated carbocycles. The van der Waals surface area contributed by atoms with Crippen LogP contribution in [0, 0.1) is 5.41 Å². The van der Waals surface area contributed by atoms with E-state index in [1.54, 1.807) is 4.68 Å². The molecule has 23 heavy (non-hydrogen) atoms. The number of carbonyl (C=O) groups is 1. The van der Waals surface area contributed by atoms with E-state index in [-0.39, 0.29) is 18.0 Å². The molecular formula is C16H28N4O3. The maximum Gasteiger partial charge on any atom is 0.410 e. The summed E-state index contributed by atoms with van der Waals surface area (Å²) >= 11 is 0. The summed E-state index contributed by atoms with van der Waals surface area (Å²) in [5.41, 5.74) is 0.464. The van der Waals surface area contributed by atoms with E-state index >= 15 is 0 Å². The van der Waals surface area contributed by atoms with Gasteiger partial charge in [0.2, 0.25) is 0 Å². The van der Waals surface area contributed by atoms with Crippen LogP contribution in [0.15, 0.2) is 6.20 Å². The molecular weight excluding hydrogens is 296 g/mol. The first-order valence-corrected chi connectivity index (χ1v) is 8.01. The van der Waals surface area contributed by atoms with Gasteiger partial charge in [0.1, 0.15) is 5.60 Å². The minimum absolute atomic E-state index is 0.123. The number of hydrogen-bond acceptors (Lipinski definition) is 5. The zero-order chi connectivity index (χ0) is 17.4. The van der Waals surface area contributed by atoms with Gasteiger partial charge in [-0.15, -0.1) is 5.10 Å². The Labute approximate surface area is 137 Å². The van der Waals surface area contributed by atoms with E-state index in [2.05, 4.69) is 31.1 Å². The Bertz CT molecular complexity index is 556. The van der Waals surface area contributed by atoms with Gasteiger partial charge in [0.05, 0.1) is 24.4 Å². The van der Waals surface area contributed by atoms with Crippen molar-refractivity contribution in [2.24, 2.45) is 5.41 Å². The number of amides is 1. The third kappa shape index (κ3) is 4.92. The third-order valence-electron chi connectivity index (χ3n) is 3.52. The van der Waals surface area contributed by atoms with Crippen LogP contribution in [0.1, 0.15) is 53.3 Å². The zero-order valence-electron chi connectivity index (χ0n) is 14.9. The van der Waals surface area contributed by atoms with Crippen LogP contribution in [0.25, 0.3) is 0 Å². The monoisotopic (exact) mass is 324 g/mol.